The van der Waals surface area contributed by atoms with Gasteiger partial charge in [0.15, 0.2) is 0 Å². The number of fused-ring (bicyclic) bond motifs is 1. The van der Waals surface area contributed by atoms with Crippen LogP contribution in [0.2, 0.25) is 0 Å². The molecule has 2 aromatic rings. The van der Waals surface area contributed by atoms with Crippen molar-refractivity contribution >= 4 is 27.8 Å². The van der Waals surface area contributed by atoms with Crippen molar-refractivity contribution in [2.24, 2.45) is 0 Å². The first kappa shape index (κ1) is 18.6. The summed E-state index contributed by atoms with van der Waals surface area (Å²) in [5.41, 5.74) is 2.06. The zero-order valence-electron chi connectivity index (χ0n) is 14.3. The molecule has 1 aliphatic rings. The number of aryl methyl sites for hydroxylation is 1. The Kier molecular flexibility index (Phi) is 5.70. The predicted octanol–water partition coefficient (Wildman–Crippen LogP) is 2.77. The summed E-state index contributed by atoms with van der Waals surface area (Å²) in [5, 5.41) is 7.17. The summed E-state index contributed by atoms with van der Waals surface area (Å²) in [7, 11) is 1.33. The van der Waals surface area contributed by atoms with Crippen molar-refractivity contribution in [2.75, 3.05) is 7.11 Å². The number of halogens is 2. The van der Waals surface area contributed by atoms with E-state index in [1.807, 2.05) is 4.68 Å². The number of methoxy groups -OCH3 is 1. The molecule has 1 aromatic heterocycles. The maximum atomic E-state index is 13.9. The molecule has 0 unspecified atom stereocenters. The third-order valence-electron chi connectivity index (χ3n) is 4.41. The number of carbonyl (C=O) groups excluding carboxylic acids is 2. The fourth-order valence-corrected chi connectivity index (χ4v) is 3.59. The lowest BCUT2D eigenvalue weighted by atomic mass is 10.0. The van der Waals surface area contributed by atoms with Crippen molar-refractivity contribution in [3.8, 4) is 0 Å². The molecule has 0 bridgehead atoms. The minimum atomic E-state index is -0.450. The summed E-state index contributed by atoms with van der Waals surface area (Å²) in [6.45, 7) is 0.838. The second-order valence-electron chi connectivity index (χ2n) is 6.09. The van der Waals surface area contributed by atoms with Gasteiger partial charge in [0.05, 0.1) is 31.5 Å². The van der Waals surface area contributed by atoms with Crippen LogP contribution >= 0.6 is 15.9 Å². The van der Waals surface area contributed by atoms with Crippen LogP contribution in [0.1, 0.15) is 40.2 Å². The van der Waals surface area contributed by atoms with Crippen molar-refractivity contribution in [2.45, 2.75) is 38.8 Å². The van der Waals surface area contributed by atoms with Gasteiger partial charge in [0, 0.05) is 16.6 Å². The summed E-state index contributed by atoms with van der Waals surface area (Å²) in [6, 6.07) is 4.57. The monoisotopic (exact) mass is 423 g/mol. The van der Waals surface area contributed by atoms with Crippen LogP contribution in [0.5, 0.6) is 0 Å². The first-order valence-corrected chi connectivity index (χ1v) is 9.17. The second kappa shape index (κ2) is 7.99. The molecule has 1 N–H and O–H groups in total. The molecule has 26 heavy (non-hydrogen) atoms. The third-order valence-corrected chi connectivity index (χ3v) is 5.15. The molecule has 0 spiro atoms. The molecule has 3 rings (SSSR count). The number of amides is 1. The van der Waals surface area contributed by atoms with E-state index in [0.29, 0.717) is 21.3 Å². The molecule has 0 atom stereocenters. The Labute approximate surface area is 158 Å². The Balaban J connectivity index is 1.74. The number of hydrogen-bond acceptors (Lipinski definition) is 4. The molecule has 138 valence electrons. The van der Waals surface area contributed by atoms with Crippen LogP contribution in [-0.2, 0) is 35.5 Å². The van der Waals surface area contributed by atoms with Crippen LogP contribution < -0.4 is 5.32 Å². The van der Waals surface area contributed by atoms with Crippen molar-refractivity contribution in [3.63, 3.8) is 0 Å². The standard InChI is InChI=1S/C18H19BrFN3O3/c1-26-18(25)17-14(22-23-8-3-2-7-15(17)23)10-21-16(24)9-11-12(19)5-4-6-13(11)20/h4-6H,2-3,7-10H2,1H3,(H,21,24). The fourth-order valence-electron chi connectivity index (χ4n) is 3.11. The van der Waals surface area contributed by atoms with Crippen molar-refractivity contribution in [1.29, 1.82) is 0 Å². The van der Waals surface area contributed by atoms with E-state index in [1.54, 1.807) is 12.1 Å². The van der Waals surface area contributed by atoms with E-state index in [-0.39, 0.29) is 18.9 Å². The van der Waals surface area contributed by atoms with Crippen LogP contribution in [-0.4, -0.2) is 28.8 Å². The van der Waals surface area contributed by atoms with Gasteiger partial charge in [0.1, 0.15) is 11.4 Å². The SMILES string of the molecule is COC(=O)c1c(CNC(=O)Cc2c(F)cccc2Br)nn2c1CCCC2. The lowest BCUT2D eigenvalue weighted by Crippen LogP contribution is -2.26. The number of benzene rings is 1. The largest absolute Gasteiger partial charge is 0.465 e. The quantitative estimate of drug-likeness (QED) is 0.750. The summed E-state index contributed by atoms with van der Waals surface area (Å²) in [5.74, 6) is -1.24. The lowest BCUT2D eigenvalue weighted by molar-refractivity contribution is -0.120. The molecule has 1 amide bonds. The molecule has 2 heterocycles. The maximum Gasteiger partial charge on any atom is 0.341 e. The molecular formula is C18H19BrFN3O3. The Morgan fingerprint density at radius 3 is 2.92 bits per heavy atom. The summed E-state index contributed by atoms with van der Waals surface area (Å²) in [4.78, 5) is 24.4. The molecule has 0 fully saturated rings. The third kappa shape index (κ3) is 3.80. The summed E-state index contributed by atoms with van der Waals surface area (Å²) >= 11 is 3.25. The highest BCUT2D eigenvalue weighted by Gasteiger charge is 2.26. The van der Waals surface area contributed by atoms with E-state index in [0.717, 1.165) is 31.5 Å². The molecule has 8 heteroatoms. The van der Waals surface area contributed by atoms with Gasteiger partial charge in [-0.2, -0.15) is 5.10 Å². The van der Waals surface area contributed by atoms with Gasteiger partial charge in [-0.3, -0.25) is 9.48 Å². The zero-order chi connectivity index (χ0) is 18.7. The topological polar surface area (TPSA) is 73.2 Å². The maximum absolute atomic E-state index is 13.9. The average Bonchev–Trinajstić information content (AvgIpc) is 3.01. The van der Waals surface area contributed by atoms with Crippen LogP contribution in [0.15, 0.2) is 22.7 Å². The molecule has 1 aliphatic heterocycles. The predicted molar refractivity (Wildman–Crippen MR) is 96.2 cm³/mol. The minimum Gasteiger partial charge on any atom is -0.465 e. The Morgan fingerprint density at radius 1 is 1.38 bits per heavy atom. The molecule has 0 saturated carbocycles. The van der Waals surface area contributed by atoms with E-state index < -0.39 is 11.8 Å². The number of nitrogens with zero attached hydrogens (tertiary/aromatic N) is 2. The smallest absolute Gasteiger partial charge is 0.341 e. The van der Waals surface area contributed by atoms with E-state index in [4.69, 9.17) is 4.74 Å². The number of hydrogen-bond donors (Lipinski definition) is 1. The van der Waals surface area contributed by atoms with Crippen LogP contribution in [0.25, 0.3) is 0 Å². The highest BCUT2D eigenvalue weighted by molar-refractivity contribution is 9.10. The first-order valence-electron chi connectivity index (χ1n) is 8.37. The van der Waals surface area contributed by atoms with Crippen LogP contribution in [0.3, 0.4) is 0 Å². The number of aromatic nitrogens is 2. The van der Waals surface area contributed by atoms with E-state index >= 15 is 0 Å². The Morgan fingerprint density at radius 2 is 2.19 bits per heavy atom. The summed E-state index contributed by atoms with van der Waals surface area (Å²) in [6.07, 6.45) is 2.65. The minimum absolute atomic E-state index is 0.0926. The number of esters is 1. The zero-order valence-corrected chi connectivity index (χ0v) is 15.9. The molecule has 6 nitrogen and oxygen atoms in total. The highest BCUT2D eigenvalue weighted by Crippen LogP contribution is 2.23. The van der Waals surface area contributed by atoms with E-state index in [1.165, 1.54) is 13.2 Å². The average molecular weight is 424 g/mol. The van der Waals surface area contributed by atoms with Gasteiger partial charge in [-0.05, 0) is 31.4 Å². The molecular weight excluding hydrogens is 405 g/mol. The molecule has 0 aliphatic carbocycles. The molecule has 1 aromatic carbocycles. The van der Waals surface area contributed by atoms with E-state index in [2.05, 4.69) is 26.3 Å². The normalized spacial score (nSPS) is 13.2. The summed E-state index contributed by atoms with van der Waals surface area (Å²) < 4.78 is 21.1. The Hall–Kier alpha value is -2.22. The van der Waals surface area contributed by atoms with Gasteiger partial charge in [-0.25, -0.2) is 9.18 Å². The second-order valence-corrected chi connectivity index (χ2v) is 6.95. The van der Waals surface area contributed by atoms with Gasteiger partial charge >= 0.3 is 5.97 Å². The number of nitrogens with one attached hydrogen (secondary N) is 1. The van der Waals surface area contributed by atoms with Gasteiger partial charge in [-0.1, -0.05) is 22.0 Å². The number of ether oxygens (including phenoxy) is 1. The van der Waals surface area contributed by atoms with Gasteiger partial charge in [-0.15, -0.1) is 0 Å². The van der Waals surface area contributed by atoms with E-state index in [9.17, 15) is 14.0 Å². The van der Waals surface area contributed by atoms with Gasteiger partial charge in [0.2, 0.25) is 5.91 Å². The van der Waals surface area contributed by atoms with Gasteiger partial charge in [0.25, 0.3) is 0 Å². The van der Waals surface area contributed by atoms with Crippen LogP contribution in [0, 0.1) is 5.82 Å². The Bertz CT molecular complexity index is 830. The molecule has 0 saturated heterocycles. The number of carbonyl (C=O) groups is 2. The van der Waals surface area contributed by atoms with Crippen molar-refractivity contribution in [3.05, 3.63) is 51.0 Å². The van der Waals surface area contributed by atoms with Crippen molar-refractivity contribution < 1.29 is 18.7 Å². The lowest BCUT2D eigenvalue weighted by Gasteiger charge is -2.13. The first-order chi connectivity index (χ1) is 12.5. The molecule has 0 radical (unpaired) electrons. The number of rotatable bonds is 5. The van der Waals surface area contributed by atoms with Crippen LogP contribution in [0.4, 0.5) is 4.39 Å². The highest BCUT2D eigenvalue weighted by atomic mass is 79.9. The fraction of sp³-hybridized carbons (Fsp3) is 0.389. The van der Waals surface area contributed by atoms with Crippen molar-refractivity contribution in [1.82, 2.24) is 15.1 Å². The van der Waals surface area contributed by atoms with Gasteiger partial charge < -0.3 is 10.1 Å².